The van der Waals surface area contributed by atoms with Crippen LogP contribution in [0.3, 0.4) is 0 Å². The van der Waals surface area contributed by atoms with Crippen LogP contribution in [0.25, 0.3) is 0 Å². The molecule has 5 N–H and O–H groups in total. The lowest BCUT2D eigenvalue weighted by Crippen LogP contribution is -2.56. The Morgan fingerprint density at radius 1 is 1.37 bits per heavy atom. The van der Waals surface area contributed by atoms with Crippen molar-refractivity contribution < 1.29 is 14.0 Å². The summed E-state index contributed by atoms with van der Waals surface area (Å²) in [5, 5.41) is 2.67. The summed E-state index contributed by atoms with van der Waals surface area (Å²) in [6, 6.07) is 1.55. The molecule has 0 saturated carbocycles. The normalized spacial score (nSPS) is 10.7. The molecule has 0 aliphatic heterocycles. The summed E-state index contributed by atoms with van der Waals surface area (Å²) in [7, 11) is 0. The first-order valence-electron chi connectivity index (χ1n) is 5.89. The zero-order chi connectivity index (χ0) is 13.8. The highest BCUT2D eigenvalue weighted by Crippen LogP contribution is 2.16. The van der Waals surface area contributed by atoms with Crippen molar-refractivity contribution in [1.29, 1.82) is 0 Å². The molecule has 1 aromatic heterocycles. The van der Waals surface area contributed by atoms with E-state index in [0.29, 0.717) is 24.2 Å². The quantitative estimate of drug-likeness (QED) is 0.723. The van der Waals surface area contributed by atoms with E-state index in [1.165, 1.54) is 6.26 Å². The summed E-state index contributed by atoms with van der Waals surface area (Å²) in [6.45, 7) is 3.82. The summed E-state index contributed by atoms with van der Waals surface area (Å²) in [4.78, 5) is 23.5. The molecular weight excluding hydrogens is 270 g/mol. The minimum Gasteiger partial charge on any atom is -0.467 e. The van der Waals surface area contributed by atoms with Crippen molar-refractivity contribution in [3.63, 3.8) is 0 Å². The number of furan rings is 1. The van der Waals surface area contributed by atoms with Crippen molar-refractivity contribution in [1.82, 2.24) is 5.32 Å². The minimum atomic E-state index is -1.02. The van der Waals surface area contributed by atoms with Crippen LogP contribution in [-0.4, -0.2) is 17.4 Å². The van der Waals surface area contributed by atoms with Crippen LogP contribution in [0.15, 0.2) is 16.7 Å². The fourth-order valence-corrected chi connectivity index (χ4v) is 1.73. The van der Waals surface area contributed by atoms with E-state index >= 15 is 0 Å². The number of hydrogen-bond acceptors (Lipinski definition) is 4. The maximum absolute atomic E-state index is 12.0. The number of carbonyl (C=O) groups is 2. The fourth-order valence-electron chi connectivity index (χ4n) is 1.73. The zero-order valence-electron chi connectivity index (χ0n) is 11.1. The third kappa shape index (κ3) is 3.71. The molecule has 7 heteroatoms. The first-order chi connectivity index (χ1) is 8.49. The summed E-state index contributed by atoms with van der Waals surface area (Å²) in [6.07, 6.45) is 2.19. The van der Waals surface area contributed by atoms with Gasteiger partial charge >= 0.3 is 0 Å². The number of amides is 2. The molecule has 0 bridgehead atoms. The summed E-state index contributed by atoms with van der Waals surface area (Å²) < 4.78 is 5.08. The Labute approximate surface area is 118 Å². The fraction of sp³-hybridized carbons (Fsp3) is 0.500. The van der Waals surface area contributed by atoms with Crippen LogP contribution in [-0.2, 0) is 11.3 Å². The van der Waals surface area contributed by atoms with Gasteiger partial charge in [0.1, 0.15) is 17.6 Å². The van der Waals surface area contributed by atoms with Crippen LogP contribution in [0.4, 0.5) is 0 Å². The van der Waals surface area contributed by atoms with E-state index < -0.39 is 11.4 Å². The third-order valence-corrected chi connectivity index (χ3v) is 3.15. The van der Waals surface area contributed by atoms with Gasteiger partial charge in [-0.15, -0.1) is 12.4 Å². The highest BCUT2D eigenvalue weighted by molar-refractivity contribution is 5.98. The number of hydrogen-bond donors (Lipinski definition) is 3. The Bertz CT molecular complexity index is 441. The molecule has 6 nitrogen and oxygen atoms in total. The van der Waals surface area contributed by atoms with Gasteiger partial charge in [-0.05, 0) is 18.9 Å². The summed E-state index contributed by atoms with van der Waals surface area (Å²) in [5.74, 6) is -0.415. The van der Waals surface area contributed by atoms with E-state index in [-0.39, 0.29) is 24.9 Å². The molecular formula is C12H20ClN3O3. The predicted octanol–water partition coefficient (Wildman–Crippen LogP) is 0.934. The lowest BCUT2D eigenvalue weighted by molar-refractivity contribution is -0.124. The SMILES string of the molecule is CCC(CC)(NC(=O)c1coc(CN)c1)C(N)=O.Cl. The number of primary amides is 1. The molecule has 0 radical (unpaired) electrons. The van der Waals surface area contributed by atoms with E-state index in [0.717, 1.165) is 0 Å². The van der Waals surface area contributed by atoms with Gasteiger partial charge in [-0.3, -0.25) is 9.59 Å². The van der Waals surface area contributed by atoms with Crippen LogP contribution in [0, 0.1) is 0 Å². The molecule has 1 aromatic rings. The van der Waals surface area contributed by atoms with Crippen LogP contribution in [0.1, 0.15) is 42.8 Å². The first-order valence-corrected chi connectivity index (χ1v) is 5.89. The largest absolute Gasteiger partial charge is 0.467 e. The van der Waals surface area contributed by atoms with Gasteiger partial charge < -0.3 is 21.2 Å². The van der Waals surface area contributed by atoms with Crippen molar-refractivity contribution >= 4 is 24.2 Å². The minimum absolute atomic E-state index is 0. The van der Waals surface area contributed by atoms with E-state index in [9.17, 15) is 9.59 Å². The maximum Gasteiger partial charge on any atom is 0.255 e. The molecule has 0 spiro atoms. The van der Waals surface area contributed by atoms with Gasteiger partial charge in [0, 0.05) is 0 Å². The van der Waals surface area contributed by atoms with E-state index in [1.807, 2.05) is 0 Å². The average Bonchev–Trinajstić information content (AvgIpc) is 2.84. The van der Waals surface area contributed by atoms with Crippen molar-refractivity contribution in [2.45, 2.75) is 38.8 Å². The van der Waals surface area contributed by atoms with Gasteiger partial charge in [0.2, 0.25) is 5.91 Å². The van der Waals surface area contributed by atoms with Gasteiger partial charge in [0.05, 0.1) is 12.1 Å². The van der Waals surface area contributed by atoms with Crippen molar-refractivity contribution in [3.8, 4) is 0 Å². The lowest BCUT2D eigenvalue weighted by atomic mass is 9.91. The Balaban J connectivity index is 0.00000324. The number of nitrogens with one attached hydrogen (secondary N) is 1. The Kier molecular flexibility index (Phi) is 6.58. The molecule has 0 fully saturated rings. The van der Waals surface area contributed by atoms with Crippen LogP contribution in [0.2, 0.25) is 0 Å². The highest BCUT2D eigenvalue weighted by atomic mass is 35.5. The second-order valence-electron chi connectivity index (χ2n) is 4.11. The molecule has 2 amide bonds. The second kappa shape index (κ2) is 7.16. The molecule has 0 unspecified atom stereocenters. The van der Waals surface area contributed by atoms with Gasteiger partial charge in [-0.2, -0.15) is 0 Å². The summed E-state index contributed by atoms with van der Waals surface area (Å²) in [5.41, 5.74) is 10.1. The maximum atomic E-state index is 12.0. The molecule has 19 heavy (non-hydrogen) atoms. The highest BCUT2D eigenvalue weighted by Gasteiger charge is 2.34. The molecule has 0 aliphatic carbocycles. The average molecular weight is 290 g/mol. The first kappa shape index (κ1) is 17.5. The Morgan fingerprint density at radius 2 is 1.95 bits per heavy atom. The van der Waals surface area contributed by atoms with Crippen LogP contribution in [0.5, 0.6) is 0 Å². The third-order valence-electron chi connectivity index (χ3n) is 3.15. The molecule has 1 heterocycles. The van der Waals surface area contributed by atoms with Gasteiger partial charge in [-0.25, -0.2) is 0 Å². The number of carbonyl (C=O) groups excluding carboxylic acids is 2. The number of nitrogens with two attached hydrogens (primary N) is 2. The molecule has 0 saturated heterocycles. The Morgan fingerprint density at radius 3 is 2.32 bits per heavy atom. The van der Waals surface area contributed by atoms with Crippen LogP contribution >= 0.6 is 12.4 Å². The number of halogens is 1. The lowest BCUT2D eigenvalue weighted by Gasteiger charge is -2.28. The molecule has 108 valence electrons. The second-order valence-corrected chi connectivity index (χ2v) is 4.11. The van der Waals surface area contributed by atoms with E-state index in [1.54, 1.807) is 19.9 Å². The van der Waals surface area contributed by atoms with Crippen molar-refractivity contribution in [2.75, 3.05) is 0 Å². The molecule has 0 aliphatic rings. The van der Waals surface area contributed by atoms with Gasteiger partial charge in [0.15, 0.2) is 0 Å². The van der Waals surface area contributed by atoms with E-state index in [4.69, 9.17) is 15.9 Å². The molecule has 0 atom stereocenters. The molecule has 0 aromatic carbocycles. The predicted molar refractivity (Wildman–Crippen MR) is 73.8 cm³/mol. The Hall–Kier alpha value is -1.53. The van der Waals surface area contributed by atoms with E-state index in [2.05, 4.69) is 5.32 Å². The standard InChI is InChI=1S/C12H19N3O3.ClH/c1-3-12(4-2,11(14)17)15-10(16)8-5-9(6-13)18-7-8;/h5,7H,3-4,6,13H2,1-2H3,(H2,14,17)(H,15,16);1H. The van der Waals surface area contributed by atoms with Crippen molar-refractivity contribution in [3.05, 3.63) is 23.7 Å². The monoisotopic (exact) mass is 289 g/mol. The number of rotatable bonds is 6. The molecule has 1 rings (SSSR count). The van der Waals surface area contributed by atoms with Gasteiger partial charge in [0.25, 0.3) is 5.91 Å². The van der Waals surface area contributed by atoms with Crippen LogP contribution < -0.4 is 16.8 Å². The topological polar surface area (TPSA) is 111 Å². The van der Waals surface area contributed by atoms with Gasteiger partial charge in [-0.1, -0.05) is 13.8 Å². The van der Waals surface area contributed by atoms with Crippen molar-refractivity contribution in [2.24, 2.45) is 11.5 Å². The zero-order valence-corrected chi connectivity index (χ0v) is 11.9. The smallest absolute Gasteiger partial charge is 0.255 e. The summed E-state index contributed by atoms with van der Waals surface area (Å²) >= 11 is 0.